The van der Waals surface area contributed by atoms with Crippen molar-refractivity contribution in [1.82, 2.24) is 9.29 Å². The third-order valence-corrected chi connectivity index (χ3v) is 7.99. The van der Waals surface area contributed by atoms with Gasteiger partial charge in [0.2, 0.25) is 0 Å². The minimum atomic E-state index is -3.91. The third kappa shape index (κ3) is 4.08. The van der Waals surface area contributed by atoms with Crippen LogP contribution in [0.4, 0.5) is 5.82 Å². The number of piperidine rings is 1. The van der Waals surface area contributed by atoms with Crippen molar-refractivity contribution in [3.8, 4) is 0 Å². The van der Waals surface area contributed by atoms with E-state index >= 15 is 0 Å². The molecule has 7 nitrogen and oxygen atoms in total. The first-order valence-corrected chi connectivity index (χ1v) is 12.1. The molecule has 1 atom stereocenters. The van der Waals surface area contributed by atoms with Gasteiger partial charge in [0.25, 0.3) is 15.9 Å². The molecule has 0 N–H and O–H groups in total. The van der Waals surface area contributed by atoms with Crippen LogP contribution in [0.1, 0.15) is 44.4 Å². The fourth-order valence-electron chi connectivity index (χ4n) is 4.31. The number of anilines is 1. The molecule has 1 aromatic heterocycles. The molecule has 31 heavy (non-hydrogen) atoms. The Morgan fingerprint density at radius 2 is 1.65 bits per heavy atom. The molecule has 3 heterocycles. The van der Waals surface area contributed by atoms with Gasteiger partial charge >= 0.3 is 0 Å². The molecule has 164 valence electrons. The molecule has 0 aliphatic carbocycles. The Balaban J connectivity index is 1.65. The van der Waals surface area contributed by atoms with Crippen molar-refractivity contribution in [3.05, 3.63) is 60.3 Å². The van der Waals surface area contributed by atoms with Crippen LogP contribution < -0.4 is 4.90 Å². The molecule has 8 heteroatoms. The van der Waals surface area contributed by atoms with E-state index < -0.39 is 26.7 Å². The third-order valence-electron chi connectivity index (χ3n) is 5.68. The van der Waals surface area contributed by atoms with Gasteiger partial charge in [0.15, 0.2) is 5.25 Å². The van der Waals surface area contributed by atoms with Crippen LogP contribution in [-0.4, -0.2) is 54.0 Å². The lowest BCUT2D eigenvalue weighted by Gasteiger charge is -2.31. The zero-order valence-corrected chi connectivity index (χ0v) is 18.9. The molecule has 0 spiro atoms. The molecule has 0 saturated carbocycles. The second-order valence-electron chi connectivity index (χ2n) is 9.00. The van der Waals surface area contributed by atoms with Gasteiger partial charge in [-0.1, -0.05) is 36.4 Å². The van der Waals surface area contributed by atoms with Crippen molar-refractivity contribution >= 4 is 27.5 Å². The number of hydrogen-bond acceptors (Lipinski definition) is 6. The van der Waals surface area contributed by atoms with Crippen LogP contribution in [0.5, 0.6) is 0 Å². The Labute approximate surface area is 183 Å². The number of pyridine rings is 1. The number of carbonyl (C=O) groups excluding carboxylic acids is 1. The minimum absolute atomic E-state index is 0.0970. The van der Waals surface area contributed by atoms with Gasteiger partial charge in [-0.05, 0) is 51.3 Å². The summed E-state index contributed by atoms with van der Waals surface area (Å²) in [5, 5.41) is -1.06. The molecule has 2 aliphatic heterocycles. The van der Waals surface area contributed by atoms with Crippen LogP contribution in [0.25, 0.3) is 0 Å². The maximum absolute atomic E-state index is 13.4. The Morgan fingerprint density at radius 3 is 2.23 bits per heavy atom. The van der Waals surface area contributed by atoms with Crippen molar-refractivity contribution in [1.29, 1.82) is 0 Å². The second kappa shape index (κ2) is 8.07. The number of aliphatic imine (C=N–C) groups is 1. The first kappa shape index (κ1) is 21.5. The molecule has 0 bridgehead atoms. The van der Waals surface area contributed by atoms with E-state index in [0.29, 0.717) is 5.56 Å². The zero-order valence-electron chi connectivity index (χ0n) is 18.1. The van der Waals surface area contributed by atoms with Gasteiger partial charge in [-0.25, -0.2) is 17.7 Å². The van der Waals surface area contributed by atoms with E-state index in [2.05, 4.69) is 9.88 Å². The molecular formula is C23H28N4O3S. The van der Waals surface area contributed by atoms with Gasteiger partial charge in [0.1, 0.15) is 11.5 Å². The maximum atomic E-state index is 13.4. The van der Waals surface area contributed by atoms with Crippen molar-refractivity contribution in [2.45, 2.75) is 50.4 Å². The molecule has 2 aliphatic rings. The predicted molar refractivity (Wildman–Crippen MR) is 122 cm³/mol. The summed E-state index contributed by atoms with van der Waals surface area (Å²) >= 11 is 0. The summed E-state index contributed by atoms with van der Waals surface area (Å²) in [5.41, 5.74) is -0.146. The Hall–Kier alpha value is -2.74. The highest BCUT2D eigenvalue weighted by Gasteiger charge is 2.54. The molecule has 1 unspecified atom stereocenters. The van der Waals surface area contributed by atoms with Gasteiger partial charge in [-0.2, -0.15) is 0 Å². The van der Waals surface area contributed by atoms with Crippen LogP contribution in [-0.2, 0) is 14.8 Å². The lowest BCUT2D eigenvalue weighted by atomic mass is 10.0. The molecule has 2 aromatic rings. The van der Waals surface area contributed by atoms with E-state index in [4.69, 9.17) is 4.99 Å². The first-order valence-electron chi connectivity index (χ1n) is 10.6. The average Bonchev–Trinajstić information content (AvgIpc) is 2.94. The number of aromatic nitrogens is 1. The van der Waals surface area contributed by atoms with Gasteiger partial charge in [0.05, 0.1) is 11.6 Å². The molecule has 4 rings (SSSR count). The SMILES string of the molecule is CC(C)(C)N1C(=O)C(=NC2CCN(c3ccccn3)CC2)C(c2ccccc2)S1(=O)=O. The average molecular weight is 441 g/mol. The molecule has 2 saturated heterocycles. The monoisotopic (exact) mass is 440 g/mol. The Bertz CT molecular complexity index is 1070. The zero-order chi connectivity index (χ0) is 22.2. The van der Waals surface area contributed by atoms with E-state index in [9.17, 15) is 13.2 Å². The fraction of sp³-hybridized carbons (Fsp3) is 0.435. The number of amides is 1. The summed E-state index contributed by atoms with van der Waals surface area (Å²) in [6.45, 7) is 6.73. The van der Waals surface area contributed by atoms with Gasteiger partial charge in [0, 0.05) is 19.3 Å². The highest BCUT2D eigenvalue weighted by Crippen LogP contribution is 2.39. The summed E-state index contributed by atoms with van der Waals surface area (Å²) in [6, 6.07) is 14.6. The molecule has 0 radical (unpaired) electrons. The Morgan fingerprint density at radius 1 is 1.00 bits per heavy atom. The van der Waals surface area contributed by atoms with Crippen LogP contribution in [0.15, 0.2) is 59.7 Å². The second-order valence-corrected chi connectivity index (χ2v) is 10.9. The summed E-state index contributed by atoms with van der Waals surface area (Å²) in [6.07, 6.45) is 3.25. The van der Waals surface area contributed by atoms with Gasteiger partial charge in [-0.15, -0.1) is 0 Å². The quantitative estimate of drug-likeness (QED) is 0.732. The fourth-order valence-corrected chi connectivity index (χ4v) is 6.55. The smallest absolute Gasteiger partial charge is 0.283 e. The molecule has 1 aromatic carbocycles. The number of benzene rings is 1. The number of carbonyl (C=O) groups is 1. The largest absolute Gasteiger partial charge is 0.356 e. The Kier molecular flexibility index (Phi) is 5.60. The van der Waals surface area contributed by atoms with Crippen molar-refractivity contribution in [3.63, 3.8) is 0 Å². The van der Waals surface area contributed by atoms with E-state index in [1.807, 2.05) is 24.3 Å². The number of rotatable bonds is 3. The highest BCUT2D eigenvalue weighted by atomic mass is 32.2. The van der Waals surface area contributed by atoms with Gasteiger partial charge in [-0.3, -0.25) is 9.79 Å². The number of hydrogen-bond donors (Lipinski definition) is 0. The van der Waals surface area contributed by atoms with Crippen molar-refractivity contribution in [2.24, 2.45) is 4.99 Å². The lowest BCUT2D eigenvalue weighted by Crippen LogP contribution is -2.45. The standard InChI is InChI=1S/C23H28N4O3S/c1-23(2,3)27-22(28)20(21(31(27,29)30)17-9-5-4-6-10-17)25-18-12-15-26(16-13-18)19-11-7-8-14-24-19/h4-11,14,18,21H,12-13,15-16H2,1-3H3. The van der Waals surface area contributed by atoms with Gasteiger partial charge < -0.3 is 4.90 Å². The minimum Gasteiger partial charge on any atom is -0.356 e. The highest BCUT2D eigenvalue weighted by molar-refractivity contribution is 7.91. The first-order chi connectivity index (χ1) is 14.7. The molecule has 2 fully saturated rings. The number of sulfonamides is 1. The normalized spacial score (nSPS) is 23.5. The summed E-state index contributed by atoms with van der Waals surface area (Å²) in [4.78, 5) is 24.7. The predicted octanol–water partition coefficient (Wildman–Crippen LogP) is 3.20. The lowest BCUT2D eigenvalue weighted by molar-refractivity contribution is -0.122. The van der Waals surface area contributed by atoms with E-state index in [1.54, 1.807) is 51.2 Å². The van der Waals surface area contributed by atoms with Crippen LogP contribution in [0.3, 0.4) is 0 Å². The van der Waals surface area contributed by atoms with E-state index in [-0.39, 0.29) is 11.8 Å². The van der Waals surface area contributed by atoms with E-state index in [1.165, 1.54) is 0 Å². The van der Waals surface area contributed by atoms with E-state index in [0.717, 1.165) is 36.1 Å². The topological polar surface area (TPSA) is 82.9 Å². The number of nitrogens with zero attached hydrogens (tertiary/aromatic N) is 4. The van der Waals surface area contributed by atoms with Crippen LogP contribution in [0, 0.1) is 0 Å². The summed E-state index contributed by atoms with van der Waals surface area (Å²) in [5.74, 6) is 0.419. The van der Waals surface area contributed by atoms with Crippen molar-refractivity contribution in [2.75, 3.05) is 18.0 Å². The summed E-state index contributed by atoms with van der Waals surface area (Å²) in [7, 11) is -3.91. The van der Waals surface area contributed by atoms with Crippen molar-refractivity contribution < 1.29 is 13.2 Å². The molecular weight excluding hydrogens is 412 g/mol. The van der Waals surface area contributed by atoms with Crippen LogP contribution >= 0.6 is 0 Å². The molecule has 1 amide bonds. The summed E-state index contributed by atoms with van der Waals surface area (Å²) < 4.78 is 27.9. The van der Waals surface area contributed by atoms with Crippen LogP contribution in [0.2, 0.25) is 0 Å². The maximum Gasteiger partial charge on any atom is 0.283 e.